The van der Waals surface area contributed by atoms with Gasteiger partial charge in [0.15, 0.2) is 0 Å². The maximum absolute atomic E-state index is 11.3. The van der Waals surface area contributed by atoms with Crippen LogP contribution in [0.25, 0.3) is 0 Å². The largest absolute Gasteiger partial charge is 0.357 e. The van der Waals surface area contributed by atoms with Gasteiger partial charge in [0.2, 0.25) is 5.91 Å². The summed E-state index contributed by atoms with van der Waals surface area (Å²) in [6, 6.07) is 6.33. The lowest BCUT2D eigenvalue weighted by Crippen LogP contribution is -2.52. The number of rotatable bonds is 0. The molecule has 0 bridgehead atoms. The fraction of sp³-hybridized carbons (Fsp3) is 0.364. The highest BCUT2D eigenvalue weighted by Crippen LogP contribution is 2.34. The second-order valence-corrected chi connectivity index (χ2v) is 4.50. The van der Waals surface area contributed by atoms with Crippen LogP contribution in [-0.4, -0.2) is 25.0 Å². The zero-order valence-electron chi connectivity index (χ0n) is 8.16. The van der Waals surface area contributed by atoms with Crippen molar-refractivity contribution >= 4 is 23.2 Å². The Hall–Kier alpha value is -1.22. The highest BCUT2D eigenvalue weighted by Gasteiger charge is 2.33. The zero-order valence-corrected chi connectivity index (χ0v) is 8.92. The summed E-state index contributed by atoms with van der Waals surface area (Å²) in [5.41, 5.74) is 2.42. The van der Waals surface area contributed by atoms with E-state index in [-0.39, 0.29) is 5.91 Å². The lowest BCUT2D eigenvalue weighted by atomic mass is 10.1. The van der Waals surface area contributed by atoms with E-state index in [0.29, 0.717) is 12.6 Å². The summed E-state index contributed by atoms with van der Waals surface area (Å²) in [5, 5.41) is 3.63. The monoisotopic (exact) mass is 222 g/mol. The quantitative estimate of drug-likeness (QED) is 0.716. The van der Waals surface area contributed by atoms with Crippen LogP contribution in [0.3, 0.4) is 0 Å². The second kappa shape index (κ2) is 3.14. The Labute approximate surface area is 93.0 Å². The Morgan fingerprint density at radius 1 is 1.47 bits per heavy atom. The van der Waals surface area contributed by atoms with Gasteiger partial charge in [-0.25, -0.2) is 0 Å². The summed E-state index contributed by atoms with van der Waals surface area (Å²) in [7, 11) is 0. The first kappa shape index (κ1) is 9.04. The molecule has 1 N–H and O–H groups in total. The number of nitrogens with zero attached hydrogens (tertiary/aromatic N) is 1. The minimum absolute atomic E-state index is 0.0964. The van der Waals surface area contributed by atoms with E-state index < -0.39 is 0 Å². The first-order valence-corrected chi connectivity index (χ1v) is 5.43. The molecule has 2 aliphatic rings. The number of amides is 1. The van der Waals surface area contributed by atoms with Gasteiger partial charge >= 0.3 is 0 Å². The molecule has 1 aromatic carbocycles. The number of piperazine rings is 1. The highest BCUT2D eigenvalue weighted by molar-refractivity contribution is 6.30. The van der Waals surface area contributed by atoms with Gasteiger partial charge in [0.1, 0.15) is 0 Å². The van der Waals surface area contributed by atoms with Crippen molar-refractivity contribution in [2.75, 3.05) is 18.0 Å². The summed E-state index contributed by atoms with van der Waals surface area (Å²) >= 11 is 5.96. The lowest BCUT2D eigenvalue weighted by molar-refractivity contribution is -0.120. The molecular formula is C11H11ClN2O. The Kier molecular flexibility index (Phi) is 1.89. The van der Waals surface area contributed by atoms with Crippen molar-refractivity contribution in [2.24, 2.45) is 0 Å². The number of carbonyl (C=O) groups is 1. The molecule has 3 rings (SSSR count). The van der Waals surface area contributed by atoms with Gasteiger partial charge < -0.3 is 10.2 Å². The van der Waals surface area contributed by atoms with Crippen LogP contribution in [-0.2, 0) is 11.2 Å². The topological polar surface area (TPSA) is 32.3 Å². The normalized spacial score (nSPS) is 23.4. The van der Waals surface area contributed by atoms with Crippen molar-refractivity contribution in [3.05, 3.63) is 28.8 Å². The SMILES string of the molecule is O=C1CN2c3cc(Cl)ccc3CC2CN1. The number of hydrogen-bond acceptors (Lipinski definition) is 2. The Bertz CT molecular complexity index is 433. The third kappa shape index (κ3) is 1.38. The molecule has 2 aliphatic heterocycles. The van der Waals surface area contributed by atoms with Crippen LogP contribution in [0.1, 0.15) is 5.56 Å². The molecule has 0 spiro atoms. The molecule has 1 saturated heterocycles. The summed E-state index contributed by atoms with van der Waals surface area (Å²) in [5.74, 6) is 0.0964. The van der Waals surface area contributed by atoms with Gasteiger partial charge in [-0.05, 0) is 24.1 Å². The van der Waals surface area contributed by atoms with E-state index in [1.807, 2.05) is 12.1 Å². The molecule has 1 aromatic rings. The van der Waals surface area contributed by atoms with E-state index in [2.05, 4.69) is 16.3 Å². The molecule has 0 radical (unpaired) electrons. The third-order valence-electron chi connectivity index (χ3n) is 3.10. The third-order valence-corrected chi connectivity index (χ3v) is 3.34. The summed E-state index contributed by atoms with van der Waals surface area (Å²) in [6.45, 7) is 1.20. The maximum Gasteiger partial charge on any atom is 0.239 e. The van der Waals surface area contributed by atoms with Crippen LogP contribution in [0, 0.1) is 0 Å². The summed E-state index contributed by atoms with van der Waals surface area (Å²) < 4.78 is 0. The van der Waals surface area contributed by atoms with Gasteiger partial charge in [0.25, 0.3) is 0 Å². The van der Waals surface area contributed by atoms with E-state index in [1.165, 1.54) is 5.56 Å². The minimum atomic E-state index is 0.0964. The first-order valence-electron chi connectivity index (χ1n) is 5.06. The van der Waals surface area contributed by atoms with E-state index in [1.54, 1.807) is 0 Å². The molecule has 1 unspecified atom stereocenters. The van der Waals surface area contributed by atoms with E-state index in [0.717, 1.165) is 23.7 Å². The number of anilines is 1. The molecule has 15 heavy (non-hydrogen) atoms. The van der Waals surface area contributed by atoms with Crippen molar-refractivity contribution in [3.8, 4) is 0 Å². The van der Waals surface area contributed by atoms with Crippen molar-refractivity contribution in [1.82, 2.24) is 5.32 Å². The molecule has 1 atom stereocenters. The number of benzene rings is 1. The molecule has 0 aromatic heterocycles. The van der Waals surface area contributed by atoms with Crippen molar-refractivity contribution in [3.63, 3.8) is 0 Å². The molecule has 78 valence electrons. The number of nitrogens with one attached hydrogen (secondary N) is 1. The average Bonchev–Trinajstić information content (AvgIpc) is 2.56. The number of carbonyl (C=O) groups excluding carboxylic acids is 1. The standard InChI is InChI=1S/C11H11ClN2O/c12-8-2-1-7-3-9-5-13-11(15)6-14(9)10(7)4-8/h1-2,4,9H,3,5-6H2,(H,13,15). The number of halogens is 1. The van der Waals surface area contributed by atoms with Crippen LogP contribution >= 0.6 is 11.6 Å². The maximum atomic E-state index is 11.3. The van der Waals surface area contributed by atoms with Gasteiger partial charge in [-0.3, -0.25) is 4.79 Å². The molecule has 1 fully saturated rings. The zero-order chi connectivity index (χ0) is 10.4. The van der Waals surface area contributed by atoms with E-state index in [4.69, 9.17) is 11.6 Å². The first-order chi connectivity index (χ1) is 7.24. The summed E-state index contributed by atoms with van der Waals surface area (Å²) in [4.78, 5) is 13.5. The smallest absolute Gasteiger partial charge is 0.239 e. The molecule has 2 heterocycles. The Morgan fingerprint density at radius 3 is 3.20 bits per heavy atom. The predicted octanol–water partition coefficient (Wildman–Crippen LogP) is 1.20. The lowest BCUT2D eigenvalue weighted by Gasteiger charge is -2.31. The van der Waals surface area contributed by atoms with Gasteiger partial charge in [-0.2, -0.15) is 0 Å². The molecular weight excluding hydrogens is 212 g/mol. The molecule has 1 amide bonds. The van der Waals surface area contributed by atoms with Crippen LogP contribution in [0.15, 0.2) is 18.2 Å². The van der Waals surface area contributed by atoms with Crippen molar-refractivity contribution in [1.29, 1.82) is 0 Å². The predicted molar refractivity (Wildman–Crippen MR) is 59.3 cm³/mol. The van der Waals surface area contributed by atoms with Gasteiger partial charge in [-0.1, -0.05) is 17.7 Å². The van der Waals surface area contributed by atoms with E-state index in [9.17, 15) is 4.79 Å². The fourth-order valence-electron chi connectivity index (χ4n) is 2.38. The van der Waals surface area contributed by atoms with Crippen LogP contribution in [0.4, 0.5) is 5.69 Å². The molecule has 4 heteroatoms. The van der Waals surface area contributed by atoms with Crippen LogP contribution in [0.2, 0.25) is 5.02 Å². The number of fused-ring (bicyclic) bond motifs is 3. The van der Waals surface area contributed by atoms with E-state index >= 15 is 0 Å². The van der Waals surface area contributed by atoms with Gasteiger partial charge in [0, 0.05) is 17.3 Å². The summed E-state index contributed by atoms with van der Waals surface area (Å²) in [6.07, 6.45) is 1.01. The van der Waals surface area contributed by atoms with Gasteiger partial charge in [-0.15, -0.1) is 0 Å². The van der Waals surface area contributed by atoms with Gasteiger partial charge in [0.05, 0.1) is 12.6 Å². The molecule has 0 aliphatic carbocycles. The average molecular weight is 223 g/mol. The van der Waals surface area contributed by atoms with Crippen molar-refractivity contribution < 1.29 is 4.79 Å². The van der Waals surface area contributed by atoms with Crippen LogP contribution in [0.5, 0.6) is 0 Å². The number of hydrogen-bond donors (Lipinski definition) is 1. The second-order valence-electron chi connectivity index (χ2n) is 4.06. The highest BCUT2D eigenvalue weighted by atomic mass is 35.5. The Balaban J connectivity index is 2.02. The van der Waals surface area contributed by atoms with Crippen LogP contribution < -0.4 is 10.2 Å². The van der Waals surface area contributed by atoms with Crippen molar-refractivity contribution in [2.45, 2.75) is 12.5 Å². The fourth-order valence-corrected chi connectivity index (χ4v) is 2.54. The Morgan fingerprint density at radius 2 is 2.33 bits per heavy atom. The molecule has 0 saturated carbocycles. The molecule has 3 nitrogen and oxygen atoms in total. The minimum Gasteiger partial charge on any atom is -0.357 e.